The van der Waals surface area contributed by atoms with E-state index in [2.05, 4.69) is 19.9 Å². The Balaban J connectivity index is 2.26. The van der Waals surface area contributed by atoms with E-state index < -0.39 is 0 Å². The van der Waals surface area contributed by atoms with Crippen LogP contribution >= 0.6 is 0 Å². The molecule has 2 rings (SSSR count). The second-order valence-corrected chi connectivity index (χ2v) is 5.67. The van der Waals surface area contributed by atoms with Gasteiger partial charge in [0, 0.05) is 6.42 Å². The normalized spacial score (nSPS) is 33.9. The number of Topliss-reactive ketones (excluding diaryl/α,β-unsaturated/α-hetero) is 1. The van der Waals surface area contributed by atoms with E-state index in [0.29, 0.717) is 12.3 Å². The highest BCUT2D eigenvalue weighted by Gasteiger charge is 2.44. The molecular weight excluding hydrogens is 186 g/mol. The average Bonchev–Trinajstić information content (AvgIpc) is 2.89. The number of hydrogen-bond donors (Lipinski definition) is 0. The molecule has 0 aliphatic heterocycles. The summed E-state index contributed by atoms with van der Waals surface area (Å²) >= 11 is 0. The van der Waals surface area contributed by atoms with Gasteiger partial charge in [-0.15, -0.1) is 0 Å². The van der Waals surface area contributed by atoms with Crippen molar-refractivity contribution in [2.75, 3.05) is 0 Å². The molecule has 0 N–H and O–H groups in total. The van der Waals surface area contributed by atoms with E-state index in [1.807, 2.05) is 6.92 Å². The fourth-order valence-corrected chi connectivity index (χ4v) is 2.59. The van der Waals surface area contributed by atoms with Crippen LogP contribution in [0.4, 0.5) is 0 Å². The van der Waals surface area contributed by atoms with Crippen LogP contribution in [0.1, 0.15) is 40.0 Å². The first-order valence-electron chi connectivity index (χ1n) is 5.57. The van der Waals surface area contributed by atoms with Crippen LogP contribution in [0, 0.1) is 28.6 Å². The van der Waals surface area contributed by atoms with Crippen LogP contribution in [-0.4, -0.2) is 5.78 Å². The van der Waals surface area contributed by atoms with Gasteiger partial charge in [0.15, 0.2) is 5.78 Å². The summed E-state index contributed by atoms with van der Waals surface area (Å²) in [6.07, 6.45) is 2.62. The number of ketones is 1. The van der Waals surface area contributed by atoms with Gasteiger partial charge in [-0.2, -0.15) is 5.26 Å². The molecule has 1 saturated carbocycles. The van der Waals surface area contributed by atoms with Crippen molar-refractivity contribution >= 4 is 5.78 Å². The quantitative estimate of drug-likeness (QED) is 0.657. The molecule has 2 heteroatoms. The molecule has 1 fully saturated rings. The van der Waals surface area contributed by atoms with Crippen molar-refractivity contribution in [3.63, 3.8) is 0 Å². The van der Waals surface area contributed by atoms with Crippen LogP contribution in [0.2, 0.25) is 0 Å². The minimum Gasteiger partial charge on any atom is -0.295 e. The fourth-order valence-electron chi connectivity index (χ4n) is 2.59. The Hall–Kier alpha value is -1.10. The molecule has 0 aromatic heterocycles. The first kappa shape index (κ1) is 10.4. The lowest BCUT2D eigenvalue weighted by atomic mass is 9.72. The molecule has 0 amide bonds. The summed E-state index contributed by atoms with van der Waals surface area (Å²) in [6.45, 7) is 6.21. The van der Waals surface area contributed by atoms with E-state index in [-0.39, 0.29) is 17.1 Å². The number of rotatable bonds is 1. The lowest BCUT2D eigenvalue weighted by Gasteiger charge is -2.31. The Morgan fingerprint density at radius 2 is 2.07 bits per heavy atom. The predicted octanol–water partition coefficient (Wildman–Crippen LogP) is 2.85. The largest absolute Gasteiger partial charge is 0.295 e. The molecule has 2 nitrogen and oxygen atoms in total. The van der Waals surface area contributed by atoms with Gasteiger partial charge in [0.1, 0.15) is 0 Å². The number of nitrogens with zero attached hydrogens (tertiary/aromatic N) is 1. The Morgan fingerprint density at radius 1 is 1.40 bits per heavy atom. The zero-order valence-corrected chi connectivity index (χ0v) is 9.63. The minimum absolute atomic E-state index is 0.0918. The third-order valence-corrected chi connectivity index (χ3v) is 3.61. The summed E-state index contributed by atoms with van der Waals surface area (Å²) in [5, 5.41) is 8.83. The van der Waals surface area contributed by atoms with Crippen LogP contribution in [0.25, 0.3) is 0 Å². The highest BCUT2D eigenvalue weighted by Crippen LogP contribution is 2.51. The molecule has 0 saturated heterocycles. The predicted molar refractivity (Wildman–Crippen MR) is 57.9 cm³/mol. The molecule has 15 heavy (non-hydrogen) atoms. The molecule has 2 aliphatic carbocycles. The lowest BCUT2D eigenvalue weighted by Crippen LogP contribution is -2.25. The summed E-state index contributed by atoms with van der Waals surface area (Å²) in [4.78, 5) is 11.8. The monoisotopic (exact) mass is 203 g/mol. The topological polar surface area (TPSA) is 40.9 Å². The third kappa shape index (κ3) is 1.84. The Morgan fingerprint density at radius 3 is 2.60 bits per heavy atom. The second kappa shape index (κ2) is 3.20. The highest BCUT2D eigenvalue weighted by molar-refractivity contribution is 5.97. The van der Waals surface area contributed by atoms with Gasteiger partial charge in [0.2, 0.25) is 0 Å². The van der Waals surface area contributed by atoms with Crippen molar-refractivity contribution in [1.29, 1.82) is 5.26 Å². The molecule has 0 unspecified atom stereocenters. The average molecular weight is 203 g/mol. The number of carbonyl (C=O) groups excluding carboxylic acids is 1. The number of nitriles is 1. The first-order valence-corrected chi connectivity index (χ1v) is 5.57. The van der Waals surface area contributed by atoms with E-state index in [4.69, 9.17) is 5.26 Å². The summed E-state index contributed by atoms with van der Waals surface area (Å²) in [7, 11) is 0. The van der Waals surface area contributed by atoms with Crippen molar-refractivity contribution < 1.29 is 4.79 Å². The fraction of sp³-hybridized carbons (Fsp3) is 0.692. The molecule has 80 valence electrons. The zero-order valence-electron chi connectivity index (χ0n) is 9.63. The number of carbonyl (C=O) groups is 1. The number of hydrogen-bond acceptors (Lipinski definition) is 2. The smallest absolute Gasteiger partial charge is 0.159 e. The lowest BCUT2D eigenvalue weighted by molar-refractivity contribution is -0.118. The molecule has 2 aliphatic rings. The maximum atomic E-state index is 11.8. The van der Waals surface area contributed by atoms with Crippen molar-refractivity contribution in [2.45, 2.75) is 40.0 Å². The summed E-state index contributed by atoms with van der Waals surface area (Å²) in [5.41, 5.74) is 2.30. The molecule has 0 aromatic carbocycles. The van der Waals surface area contributed by atoms with E-state index >= 15 is 0 Å². The van der Waals surface area contributed by atoms with Gasteiger partial charge in [0.25, 0.3) is 0 Å². The van der Waals surface area contributed by atoms with E-state index in [0.717, 1.165) is 18.4 Å². The van der Waals surface area contributed by atoms with Crippen molar-refractivity contribution in [3.05, 3.63) is 11.1 Å². The van der Waals surface area contributed by atoms with Crippen LogP contribution in [0.3, 0.4) is 0 Å². The van der Waals surface area contributed by atoms with E-state index in [1.165, 1.54) is 5.57 Å². The molecule has 2 atom stereocenters. The summed E-state index contributed by atoms with van der Waals surface area (Å²) < 4.78 is 0. The van der Waals surface area contributed by atoms with Crippen LogP contribution < -0.4 is 0 Å². The maximum Gasteiger partial charge on any atom is 0.159 e. The summed E-state index contributed by atoms with van der Waals surface area (Å²) in [6, 6.07) is 2.30. The molecule has 0 radical (unpaired) electrons. The highest BCUT2D eigenvalue weighted by atomic mass is 16.1. The van der Waals surface area contributed by atoms with Crippen LogP contribution in [0.15, 0.2) is 11.1 Å². The van der Waals surface area contributed by atoms with Crippen molar-refractivity contribution in [2.24, 2.45) is 17.3 Å². The SMILES string of the molecule is CC1=C([C@@H]2C[C@@H]2C#N)CC(C)(C)CC1=O. The molecule has 0 spiro atoms. The third-order valence-electron chi connectivity index (χ3n) is 3.61. The van der Waals surface area contributed by atoms with E-state index in [9.17, 15) is 4.79 Å². The number of allylic oxidation sites excluding steroid dienone is 2. The Bertz CT molecular complexity index is 384. The maximum absolute atomic E-state index is 11.8. The minimum atomic E-state index is 0.0918. The van der Waals surface area contributed by atoms with Gasteiger partial charge in [0.05, 0.1) is 12.0 Å². The van der Waals surface area contributed by atoms with Crippen molar-refractivity contribution in [1.82, 2.24) is 0 Å². The molecular formula is C13H17NO. The molecule has 0 bridgehead atoms. The molecule has 0 aromatic rings. The Kier molecular flexibility index (Phi) is 2.22. The standard InChI is InChI=1S/C13H17NO/c1-8-11(10-4-9(10)7-14)5-13(2,3)6-12(8)15/h9-10H,4-6H2,1-3H3/t9-,10-/m1/s1. The zero-order chi connectivity index (χ0) is 11.2. The van der Waals surface area contributed by atoms with Gasteiger partial charge < -0.3 is 0 Å². The second-order valence-electron chi connectivity index (χ2n) is 5.67. The van der Waals surface area contributed by atoms with Crippen molar-refractivity contribution in [3.8, 4) is 6.07 Å². The first-order chi connectivity index (χ1) is 6.94. The Labute approximate surface area is 91.0 Å². The van der Waals surface area contributed by atoms with Gasteiger partial charge in [-0.05, 0) is 36.7 Å². The van der Waals surface area contributed by atoms with Gasteiger partial charge in [-0.25, -0.2) is 0 Å². The van der Waals surface area contributed by atoms with Crippen LogP contribution in [-0.2, 0) is 4.79 Å². The van der Waals surface area contributed by atoms with Gasteiger partial charge >= 0.3 is 0 Å². The van der Waals surface area contributed by atoms with E-state index in [1.54, 1.807) is 0 Å². The molecule has 0 heterocycles. The van der Waals surface area contributed by atoms with Gasteiger partial charge in [-0.1, -0.05) is 19.4 Å². The summed E-state index contributed by atoms with van der Waals surface area (Å²) in [5.74, 6) is 0.847. The van der Waals surface area contributed by atoms with Gasteiger partial charge in [-0.3, -0.25) is 4.79 Å². The van der Waals surface area contributed by atoms with Crippen LogP contribution in [0.5, 0.6) is 0 Å².